The van der Waals surface area contributed by atoms with Crippen molar-refractivity contribution in [2.24, 2.45) is 0 Å². The smallest absolute Gasteiger partial charge is 0.248 e. The normalized spacial score (nSPS) is 22.4. The summed E-state index contributed by atoms with van der Waals surface area (Å²) in [5, 5.41) is 0. The first-order valence-electron chi connectivity index (χ1n) is 8.88. The van der Waals surface area contributed by atoms with Gasteiger partial charge in [-0.25, -0.2) is 9.97 Å². The summed E-state index contributed by atoms with van der Waals surface area (Å²) in [6, 6.07) is 6.03. The molecule has 1 saturated heterocycles. The Hall–Kier alpha value is -2.50. The lowest BCUT2D eigenvalue weighted by atomic mass is 10.1. The molecule has 2 aliphatic rings. The first-order chi connectivity index (χ1) is 12.1. The maximum Gasteiger partial charge on any atom is 0.248 e. The number of hydrogen-bond donors (Lipinski definition) is 0. The first-order valence-corrected chi connectivity index (χ1v) is 8.88. The van der Waals surface area contributed by atoms with Gasteiger partial charge in [0.25, 0.3) is 0 Å². The highest BCUT2D eigenvalue weighted by molar-refractivity contribution is 5.65. The van der Waals surface area contributed by atoms with Crippen molar-refractivity contribution in [3.05, 3.63) is 36.2 Å². The van der Waals surface area contributed by atoms with Gasteiger partial charge in [-0.3, -0.25) is 0 Å². The van der Waals surface area contributed by atoms with Crippen molar-refractivity contribution < 1.29 is 9.47 Å². The molecule has 1 aromatic heterocycles. The Balaban J connectivity index is 1.50. The molecular formula is C19H24N4O2. The van der Waals surface area contributed by atoms with E-state index < -0.39 is 5.79 Å². The van der Waals surface area contributed by atoms with Crippen LogP contribution in [0.4, 0.5) is 11.6 Å². The lowest BCUT2D eigenvalue weighted by molar-refractivity contribution is -0.0642. The highest BCUT2D eigenvalue weighted by Gasteiger charge is 2.37. The molecule has 0 spiro atoms. The van der Waals surface area contributed by atoms with Crippen LogP contribution in [-0.4, -0.2) is 41.9 Å². The van der Waals surface area contributed by atoms with Gasteiger partial charge in [-0.1, -0.05) is 6.92 Å². The molecule has 3 heterocycles. The van der Waals surface area contributed by atoms with E-state index in [4.69, 9.17) is 9.47 Å². The van der Waals surface area contributed by atoms with Crippen molar-refractivity contribution in [3.8, 4) is 11.5 Å². The highest BCUT2D eigenvalue weighted by atomic mass is 16.7. The van der Waals surface area contributed by atoms with Crippen LogP contribution in [-0.2, 0) is 0 Å². The molecule has 1 aromatic carbocycles. The molecule has 0 bridgehead atoms. The molecule has 6 heteroatoms. The fraction of sp³-hybridized carbons (Fsp3) is 0.474. The fourth-order valence-corrected chi connectivity index (χ4v) is 3.42. The van der Waals surface area contributed by atoms with Crippen LogP contribution in [0.2, 0.25) is 0 Å². The van der Waals surface area contributed by atoms with Gasteiger partial charge in [0.1, 0.15) is 0 Å². The van der Waals surface area contributed by atoms with Crippen LogP contribution >= 0.6 is 0 Å². The Morgan fingerprint density at radius 1 is 1.04 bits per heavy atom. The molecule has 4 rings (SSSR count). The Bertz CT molecular complexity index is 760. The van der Waals surface area contributed by atoms with E-state index in [1.54, 1.807) is 12.4 Å². The number of anilines is 2. The van der Waals surface area contributed by atoms with Crippen LogP contribution in [0, 0.1) is 6.92 Å². The predicted molar refractivity (Wildman–Crippen MR) is 97.6 cm³/mol. The van der Waals surface area contributed by atoms with E-state index in [0.29, 0.717) is 0 Å². The number of piperazine rings is 1. The van der Waals surface area contributed by atoms with Crippen LogP contribution in [0.3, 0.4) is 0 Å². The second-order valence-electron chi connectivity index (χ2n) is 6.75. The summed E-state index contributed by atoms with van der Waals surface area (Å²) in [6.07, 6.45) is 4.40. The summed E-state index contributed by atoms with van der Waals surface area (Å²) >= 11 is 0. The summed E-state index contributed by atoms with van der Waals surface area (Å²) in [6.45, 7) is 9.87. The summed E-state index contributed by atoms with van der Waals surface area (Å²) in [7, 11) is 0. The van der Waals surface area contributed by atoms with Gasteiger partial charge >= 0.3 is 0 Å². The van der Waals surface area contributed by atoms with E-state index in [-0.39, 0.29) is 0 Å². The quantitative estimate of drug-likeness (QED) is 0.856. The fourth-order valence-electron chi connectivity index (χ4n) is 3.42. The second-order valence-corrected chi connectivity index (χ2v) is 6.75. The van der Waals surface area contributed by atoms with Gasteiger partial charge in [-0.2, -0.15) is 0 Å². The third kappa shape index (κ3) is 2.86. The Kier molecular flexibility index (Phi) is 3.90. The number of hydrogen-bond acceptors (Lipinski definition) is 6. The molecule has 2 aromatic rings. The van der Waals surface area contributed by atoms with Crippen LogP contribution in [0.1, 0.15) is 25.8 Å². The molecule has 1 unspecified atom stereocenters. The number of benzene rings is 1. The van der Waals surface area contributed by atoms with Gasteiger partial charge in [0, 0.05) is 63.2 Å². The maximum absolute atomic E-state index is 6.12. The van der Waals surface area contributed by atoms with Gasteiger partial charge in [0.05, 0.1) is 0 Å². The highest BCUT2D eigenvalue weighted by Crippen LogP contribution is 2.46. The summed E-state index contributed by atoms with van der Waals surface area (Å²) in [4.78, 5) is 13.3. The summed E-state index contributed by atoms with van der Waals surface area (Å²) in [5.41, 5.74) is 2.37. The van der Waals surface area contributed by atoms with Gasteiger partial charge < -0.3 is 19.3 Å². The molecule has 0 N–H and O–H groups in total. The molecular weight excluding hydrogens is 316 g/mol. The zero-order valence-corrected chi connectivity index (χ0v) is 15.0. The standard InChI is InChI=1S/C19H24N4O2/c1-4-19(3)24-16-7-6-15(14(2)17(16)25-19)22-10-12-23(13-11-22)18-20-8-5-9-21-18/h5-9H,4,10-13H2,1-3H3. The summed E-state index contributed by atoms with van der Waals surface area (Å²) < 4.78 is 12.1. The van der Waals surface area contributed by atoms with Crippen molar-refractivity contribution in [1.82, 2.24) is 9.97 Å². The average Bonchev–Trinajstić information content (AvgIpc) is 3.01. The molecule has 132 valence electrons. The third-order valence-electron chi connectivity index (χ3n) is 5.08. The molecule has 0 saturated carbocycles. The minimum atomic E-state index is -0.547. The lowest BCUT2D eigenvalue weighted by Crippen LogP contribution is -2.47. The number of fused-ring (bicyclic) bond motifs is 1. The number of rotatable bonds is 3. The molecule has 2 aliphatic heterocycles. The molecule has 25 heavy (non-hydrogen) atoms. The van der Waals surface area contributed by atoms with Crippen molar-refractivity contribution in [2.45, 2.75) is 33.0 Å². The minimum absolute atomic E-state index is 0.547. The Morgan fingerprint density at radius 2 is 1.72 bits per heavy atom. The van der Waals surface area contributed by atoms with E-state index in [1.807, 2.05) is 19.1 Å². The van der Waals surface area contributed by atoms with Crippen molar-refractivity contribution >= 4 is 11.6 Å². The molecule has 1 atom stereocenters. The van der Waals surface area contributed by atoms with Crippen LogP contribution in [0.25, 0.3) is 0 Å². The zero-order chi connectivity index (χ0) is 17.4. The molecule has 6 nitrogen and oxygen atoms in total. The second kappa shape index (κ2) is 6.10. The van der Waals surface area contributed by atoms with E-state index >= 15 is 0 Å². The number of nitrogens with zero attached hydrogens (tertiary/aromatic N) is 4. The minimum Gasteiger partial charge on any atom is -0.449 e. The van der Waals surface area contributed by atoms with Crippen LogP contribution in [0.5, 0.6) is 11.5 Å². The Labute approximate surface area is 148 Å². The molecule has 0 amide bonds. The van der Waals surface area contributed by atoms with Crippen molar-refractivity contribution in [2.75, 3.05) is 36.0 Å². The Morgan fingerprint density at radius 3 is 2.40 bits per heavy atom. The number of ether oxygens (including phenoxy) is 2. The molecule has 0 aliphatic carbocycles. The van der Waals surface area contributed by atoms with E-state index in [2.05, 4.69) is 39.7 Å². The van der Waals surface area contributed by atoms with Crippen molar-refractivity contribution in [3.63, 3.8) is 0 Å². The van der Waals surface area contributed by atoms with Gasteiger partial charge in [0.15, 0.2) is 11.5 Å². The van der Waals surface area contributed by atoms with Gasteiger partial charge in [-0.05, 0) is 25.1 Å². The van der Waals surface area contributed by atoms with Crippen LogP contribution in [0.15, 0.2) is 30.6 Å². The van der Waals surface area contributed by atoms with Gasteiger partial charge in [0.2, 0.25) is 11.7 Å². The molecule has 1 fully saturated rings. The van der Waals surface area contributed by atoms with E-state index in [0.717, 1.165) is 55.6 Å². The van der Waals surface area contributed by atoms with E-state index in [9.17, 15) is 0 Å². The molecule has 0 radical (unpaired) electrons. The largest absolute Gasteiger partial charge is 0.449 e. The summed E-state index contributed by atoms with van der Waals surface area (Å²) in [5.74, 6) is 2.00. The first kappa shape index (κ1) is 16.0. The zero-order valence-electron chi connectivity index (χ0n) is 15.0. The van der Waals surface area contributed by atoms with E-state index in [1.165, 1.54) is 5.69 Å². The maximum atomic E-state index is 6.12. The number of aromatic nitrogens is 2. The SMILES string of the molecule is CCC1(C)Oc2ccc(N3CCN(c4ncccn4)CC3)c(C)c2O1. The topological polar surface area (TPSA) is 50.7 Å². The van der Waals surface area contributed by atoms with Crippen LogP contribution < -0.4 is 19.3 Å². The predicted octanol–water partition coefficient (Wildman–Crippen LogP) is 3.01. The third-order valence-corrected chi connectivity index (χ3v) is 5.08. The average molecular weight is 340 g/mol. The lowest BCUT2D eigenvalue weighted by Gasteiger charge is -2.36. The van der Waals surface area contributed by atoms with Crippen molar-refractivity contribution in [1.29, 1.82) is 0 Å². The van der Waals surface area contributed by atoms with Gasteiger partial charge in [-0.15, -0.1) is 0 Å². The monoisotopic (exact) mass is 340 g/mol.